The van der Waals surface area contributed by atoms with E-state index in [0.717, 1.165) is 0 Å². The molecule has 0 aliphatic rings. The van der Waals surface area contributed by atoms with Crippen molar-refractivity contribution in [3.63, 3.8) is 0 Å². The van der Waals surface area contributed by atoms with E-state index < -0.39 is 18.6 Å². The summed E-state index contributed by atoms with van der Waals surface area (Å²) in [6, 6.07) is 7.78. The van der Waals surface area contributed by atoms with Crippen molar-refractivity contribution in [3.8, 4) is 0 Å². The fourth-order valence-electron chi connectivity index (χ4n) is 1.94. The van der Waals surface area contributed by atoms with Gasteiger partial charge in [-0.15, -0.1) is 0 Å². The van der Waals surface area contributed by atoms with E-state index in [2.05, 4.69) is 16.0 Å². The number of hydrogen-bond donors (Lipinski definition) is 3. The SMILES string of the molecule is O=C(CCNC(=O)c1ccsc1)Nc1ccccc1NCC(F)(F)F. The molecule has 0 atom stereocenters. The average Bonchev–Trinajstić information content (AvgIpc) is 3.07. The van der Waals surface area contributed by atoms with Crippen LogP contribution in [0.2, 0.25) is 0 Å². The number of hydrogen-bond acceptors (Lipinski definition) is 4. The topological polar surface area (TPSA) is 70.2 Å². The van der Waals surface area contributed by atoms with E-state index in [1.165, 1.54) is 23.5 Å². The van der Waals surface area contributed by atoms with Gasteiger partial charge in [0.05, 0.1) is 11.4 Å². The van der Waals surface area contributed by atoms with Crippen molar-refractivity contribution in [2.45, 2.75) is 12.6 Å². The standard InChI is InChI=1S/C16H16F3N3O2S/c17-16(18,19)10-21-12-3-1-2-4-13(12)22-14(23)5-7-20-15(24)11-6-8-25-9-11/h1-4,6,8-9,21H,5,7,10H2,(H,20,24)(H,22,23). The van der Waals surface area contributed by atoms with Crippen LogP contribution in [0.3, 0.4) is 0 Å². The zero-order valence-electron chi connectivity index (χ0n) is 13.0. The van der Waals surface area contributed by atoms with Gasteiger partial charge in [-0.2, -0.15) is 24.5 Å². The zero-order valence-corrected chi connectivity index (χ0v) is 13.8. The summed E-state index contributed by atoms with van der Waals surface area (Å²) in [7, 11) is 0. The predicted octanol–water partition coefficient (Wildman–Crippen LogP) is 3.48. The van der Waals surface area contributed by atoms with Crippen LogP contribution in [0, 0.1) is 0 Å². The van der Waals surface area contributed by atoms with E-state index in [0.29, 0.717) is 5.56 Å². The minimum atomic E-state index is -4.36. The monoisotopic (exact) mass is 371 g/mol. The van der Waals surface area contributed by atoms with Gasteiger partial charge in [0, 0.05) is 23.9 Å². The minimum Gasteiger partial charge on any atom is -0.375 e. The Morgan fingerprint density at radius 3 is 2.44 bits per heavy atom. The zero-order chi connectivity index (χ0) is 18.3. The van der Waals surface area contributed by atoms with Gasteiger partial charge in [0.1, 0.15) is 6.54 Å². The molecule has 1 heterocycles. The normalized spacial score (nSPS) is 11.0. The quantitative estimate of drug-likeness (QED) is 0.698. The van der Waals surface area contributed by atoms with Crippen molar-refractivity contribution in [1.82, 2.24) is 5.32 Å². The van der Waals surface area contributed by atoms with E-state index >= 15 is 0 Å². The summed E-state index contributed by atoms with van der Waals surface area (Å²) >= 11 is 1.39. The summed E-state index contributed by atoms with van der Waals surface area (Å²) in [6.45, 7) is -1.07. The molecule has 0 fully saturated rings. The molecule has 2 aromatic rings. The van der Waals surface area contributed by atoms with Crippen LogP contribution in [0.15, 0.2) is 41.1 Å². The summed E-state index contributed by atoms with van der Waals surface area (Å²) in [4.78, 5) is 23.6. The molecule has 0 radical (unpaired) electrons. The molecule has 134 valence electrons. The third kappa shape index (κ3) is 6.46. The van der Waals surface area contributed by atoms with Crippen molar-refractivity contribution >= 4 is 34.5 Å². The van der Waals surface area contributed by atoms with Gasteiger partial charge in [0.15, 0.2) is 0 Å². The van der Waals surface area contributed by atoms with Crippen molar-refractivity contribution in [3.05, 3.63) is 46.7 Å². The van der Waals surface area contributed by atoms with Gasteiger partial charge in [0.25, 0.3) is 5.91 Å². The van der Waals surface area contributed by atoms with E-state index in [1.807, 2.05) is 0 Å². The van der Waals surface area contributed by atoms with Gasteiger partial charge in [-0.3, -0.25) is 9.59 Å². The van der Waals surface area contributed by atoms with Crippen LogP contribution in [-0.4, -0.2) is 31.1 Å². The molecule has 0 saturated heterocycles. The molecule has 1 aromatic carbocycles. The van der Waals surface area contributed by atoms with Crippen molar-refractivity contribution in [2.24, 2.45) is 0 Å². The first-order valence-electron chi connectivity index (χ1n) is 7.35. The molecule has 0 saturated carbocycles. The average molecular weight is 371 g/mol. The molecular weight excluding hydrogens is 355 g/mol. The number of rotatable bonds is 7. The Bertz CT molecular complexity index is 718. The Morgan fingerprint density at radius 1 is 1.08 bits per heavy atom. The van der Waals surface area contributed by atoms with E-state index in [4.69, 9.17) is 0 Å². The van der Waals surface area contributed by atoms with Crippen LogP contribution in [0.4, 0.5) is 24.5 Å². The van der Waals surface area contributed by atoms with Crippen LogP contribution in [0.1, 0.15) is 16.8 Å². The number of carbonyl (C=O) groups is 2. The molecule has 25 heavy (non-hydrogen) atoms. The lowest BCUT2D eigenvalue weighted by atomic mass is 10.2. The molecule has 0 aliphatic heterocycles. The third-order valence-corrected chi connectivity index (χ3v) is 3.78. The van der Waals surface area contributed by atoms with Gasteiger partial charge in [-0.1, -0.05) is 12.1 Å². The number of para-hydroxylation sites is 2. The van der Waals surface area contributed by atoms with Crippen LogP contribution < -0.4 is 16.0 Å². The number of thiophene rings is 1. The molecule has 2 rings (SSSR count). The molecule has 0 unspecified atom stereocenters. The highest BCUT2D eigenvalue weighted by Crippen LogP contribution is 2.23. The second-order valence-electron chi connectivity index (χ2n) is 5.08. The smallest absolute Gasteiger partial charge is 0.375 e. The number of alkyl halides is 3. The summed E-state index contributed by atoms with van der Waals surface area (Å²) < 4.78 is 36.9. The summed E-state index contributed by atoms with van der Waals surface area (Å²) in [5.74, 6) is -0.687. The summed E-state index contributed by atoms with van der Waals surface area (Å²) in [5, 5.41) is 10.8. The van der Waals surface area contributed by atoms with Crippen LogP contribution in [0.5, 0.6) is 0 Å². The number of amides is 2. The van der Waals surface area contributed by atoms with Gasteiger partial charge in [-0.05, 0) is 23.6 Å². The Hall–Kier alpha value is -2.55. The lowest BCUT2D eigenvalue weighted by Gasteiger charge is -2.14. The van der Waals surface area contributed by atoms with Gasteiger partial charge < -0.3 is 16.0 Å². The summed E-state index contributed by atoms with van der Waals surface area (Å²) in [5.41, 5.74) is 0.948. The molecule has 5 nitrogen and oxygen atoms in total. The molecule has 0 spiro atoms. The largest absolute Gasteiger partial charge is 0.405 e. The Kier molecular flexibility index (Phi) is 6.40. The van der Waals surface area contributed by atoms with Crippen LogP contribution in [-0.2, 0) is 4.79 Å². The minimum absolute atomic E-state index is 0.00345. The van der Waals surface area contributed by atoms with Crippen LogP contribution >= 0.6 is 11.3 Å². The van der Waals surface area contributed by atoms with E-state index in [1.54, 1.807) is 29.0 Å². The van der Waals surface area contributed by atoms with Crippen molar-refractivity contribution in [2.75, 3.05) is 23.7 Å². The second-order valence-corrected chi connectivity index (χ2v) is 5.86. The fraction of sp³-hybridized carbons (Fsp3) is 0.250. The highest BCUT2D eigenvalue weighted by Gasteiger charge is 2.27. The maximum Gasteiger partial charge on any atom is 0.405 e. The molecule has 2 amide bonds. The van der Waals surface area contributed by atoms with E-state index in [9.17, 15) is 22.8 Å². The maximum absolute atomic E-state index is 12.3. The molecule has 0 bridgehead atoms. The summed E-state index contributed by atoms with van der Waals surface area (Å²) in [6.07, 6.45) is -4.35. The number of anilines is 2. The van der Waals surface area contributed by atoms with Gasteiger partial charge >= 0.3 is 6.18 Å². The maximum atomic E-state index is 12.3. The van der Waals surface area contributed by atoms with Crippen LogP contribution in [0.25, 0.3) is 0 Å². The first-order chi connectivity index (χ1) is 11.8. The third-order valence-electron chi connectivity index (χ3n) is 3.10. The molecule has 9 heteroatoms. The number of carbonyl (C=O) groups excluding carboxylic acids is 2. The Labute approximate surface area is 146 Å². The van der Waals surface area contributed by atoms with Crippen molar-refractivity contribution < 1.29 is 22.8 Å². The first-order valence-corrected chi connectivity index (χ1v) is 8.29. The number of benzene rings is 1. The predicted molar refractivity (Wildman–Crippen MR) is 90.9 cm³/mol. The van der Waals surface area contributed by atoms with Gasteiger partial charge in [0.2, 0.25) is 5.91 Å². The lowest BCUT2D eigenvalue weighted by Crippen LogP contribution is -2.27. The lowest BCUT2D eigenvalue weighted by molar-refractivity contribution is -0.116. The van der Waals surface area contributed by atoms with Gasteiger partial charge in [-0.25, -0.2) is 0 Å². The molecular formula is C16H16F3N3O2S. The Balaban J connectivity index is 1.83. The Morgan fingerprint density at radius 2 is 1.80 bits per heavy atom. The molecule has 3 N–H and O–H groups in total. The fourth-order valence-corrected chi connectivity index (χ4v) is 2.58. The van der Waals surface area contributed by atoms with E-state index in [-0.39, 0.29) is 30.2 Å². The second kappa shape index (κ2) is 8.52. The number of nitrogens with one attached hydrogen (secondary N) is 3. The molecule has 1 aromatic heterocycles. The highest BCUT2D eigenvalue weighted by atomic mass is 32.1. The first kappa shape index (κ1) is 18.8. The number of halogens is 3. The highest BCUT2D eigenvalue weighted by molar-refractivity contribution is 7.08. The van der Waals surface area contributed by atoms with Crippen molar-refractivity contribution in [1.29, 1.82) is 0 Å². The molecule has 0 aliphatic carbocycles.